The maximum atomic E-state index is 12.6. The Morgan fingerprint density at radius 3 is 2.55 bits per heavy atom. The molecule has 1 saturated heterocycles. The molecule has 1 rings (SSSR count). The molecule has 1 fully saturated rings. The highest BCUT2D eigenvalue weighted by atomic mass is 16.4. The molecule has 4 N–H and O–H groups in total. The summed E-state index contributed by atoms with van der Waals surface area (Å²) in [6, 6.07) is 0.619. The number of nitrogens with zero attached hydrogens (tertiary/aromatic N) is 2. The van der Waals surface area contributed by atoms with Crippen LogP contribution in [0.3, 0.4) is 0 Å². The molecule has 0 aromatic carbocycles. The lowest BCUT2D eigenvalue weighted by Crippen LogP contribution is -2.54. The van der Waals surface area contributed by atoms with Crippen molar-refractivity contribution in [1.29, 1.82) is 0 Å². The first-order valence-electron chi connectivity index (χ1n) is 7.40. The highest BCUT2D eigenvalue weighted by molar-refractivity contribution is 6.06. The number of hydrogen-bond acceptors (Lipinski definition) is 4. The molecule has 6 nitrogen and oxygen atoms in total. The first kappa shape index (κ1) is 16.8. The van der Waals surface area contributed by atoms with Crippen molar-refractivity contribution in [2.24, 2.45) is 16.3 Å². The zero-order valence-corrected chi connectivity index (χ0v) is 13.0. The quantitative estimate of drug-likeness (QED) is 0.305. The van der Waals surface area contributed by atoms with Gasteiger partial charge in [-0.1, -0.05) is 19.0 Å². The smallest absolute Gasteiger partial charge is 0.234 e. The van der Waals surface area contributed by atoms with Gasteiger partial charge in [0.2, 0.25) is 5.91 Å². The Morgan fingerprint density at radius 1 is 1.50 bits per heavy atom. The lowest BCUT2D eigenvalue weighted by Gasteiger charge is -2.37. The fourth-order valence-corrected chi connectivity index (χ4v) is 2.89. The van der Waals surface area contributed by atoms with E-state index in [-0.39, 0.29) is 17.8 Å². The summed E-state index contributed by atoms with van der Waals surface area (Å²) >= 11 is 0. The summed E-state index contributed by atoms with van der Waals surface area (Å²) in [4.78, 5) is 14.9. The normalized spacial score (nSPS) is 25.5. The maximum Gasteiger partial charge on any atom is 0.234 e. The molecular formula is C14H28N4O2. The van der Waals surface area contributed by atoms with Crippen molar-refractivity contribution in [2.75, 3.05) is 13.6 Å². The molecule has 6 heteroatoms. The Labute approximate surface area is 121 Å². The van der Waals surface area contributed by atoms with Crippen molar-refractivity contribution >= 4 is 11.7 Å². The molecule has 0 radical (unpaired) electrons. The van der Waals surface area contributed by atoms with E-state index in [4.69, 9.17) is 10.9 Å². The molecule has 0 saturated carbocycles. The van der Waals surface area contributed by atoms with Crippen molar-refractivity contribution in [3.63, 3.8) is 0 Å². The van der Waals surface area contributed by atoms with Gasteiger partial charge in [-0.3, -0.25) is 4.79 Å². The van der Waals surface area contributed by atoms with Crippen LogP contribution in [0.2, 0.25) is 0 Å². The molecule has 0 bridgehead atoms. The second-order valence-electron chi connectivity index (χ2n) is 5.80. The SMILES string of the molecule is CCC(CC)(C(=O)NC1CCN(C)C(C)C1)C(N)=NO. The summed E-state index contributed by atoms with van der Waals surface area (Å²) in [5.74, 6) is -0.125. The van der Waals surface area contributed by atoms with E-state index >= 15 is 0 Å². The second kappa shape index (κ2) is 6.92. The fourth-order valence-electron chi connectivity index (χ4n) is 2.89. The van der Waals surface area contributed by atoms with Gasteiger partial charge in [0.1, 0.15) is 5.41 Å². The average molecular weight is 284 g/mol. The van der Waals surface area contributed by atoms with E-state index in [0.717, 1.165) is 19.4 Å². The average Bonchev–Trinajstić information content (AvgIpc) is 2.44. The molecule has 0 spiro atoms. The number of nitrogens with one attached hydrogen (secondary N) is 1. The lowest BCUT2D eigenvalue weighted by molar-refractivity contribution is -0.129. The number of piperidine rings is 1. The fraction of sp³-hybridized carbons (Fsp3) is 0.857. The van der Waals surface area contributed by atoms with Gasteiger partial charge in [0, 0.05) is 18.6 Å². The monoisotopic (exact) mass is 284 g/mol. The number of amidine groups is 1. The summed E-state index contributed by atoms with van der Waals surface area (Å²) in [5.41, 5.74) is 4.86. The van der Waals surface area contributed by atoms with Gasteiger partial charge in [0.05, 0.1) is 0 Å². The highest BCUT2D eigenvalue weighted by Crippen LogP contribution is 2.28. The molecule has 0 aliphatic carbocycles. The second-order valence-corrected chi connectivity index (χ2v) is 5.80. The minimum atomic E-state index is -0.901. The maximum absolute atomic E-state index is 12.6. The van der Waals surface area contributed by atoms with Crippen LogP contribution < -0.4 is 11.1 Å². The number of nitrogens with two attached hydrogens (primary N) is 1. The van der Waals surface area contributed by atoms with E-state index in [1.54, 1.807) is 0 Å². The van der Waals surface area contributed by atoms with Gasteiger partial charge in [-0.25, -0.2) is 0 Å². The number of rotatable bonds is 5. The molecule has 1 heterocycles. The largest absolute Gasteiger partial charge is 0.409 e. The van der Waals surface area contributed by atoms with Crippen molar-refractivity contribution in [3.05, 3.63) is 0 Å². The third kappa shape index (κ3) is 3.23. The summed E-state index contributed by atoms with van der Waals surface area (Å²) < 4.78 is 0. The van der Waals surface area contributed by atoms with Crippen LogP contribution in [0.15, 0.2) is 5.16 Å². The standard InChI is InChI=1S/C14H28N4O2/c1-5-14(6-2,12(15)17-20)13(19)16-11-7-8-18(4)10(3)9-11/h10-11,20H,5-9H2,1-4H3,(H2,15,17)(H,16,19). The molecule has 116 valence electrons. The van der Waals surface area contributed by atoms with Gasteiger partial charge < -0.3 is 21.2 Å². The third-order valence-electron chi connectivity index (χ3n) is 4.78. The Hall–Kier alpha value is -1.30. The van der Waals surface area contributed by atoms with Crippen molar-refractivity contribution in [3.8, 4) is 0 Å². The van der Waals surface area contributed by atoms with Crippen LogP contribution in [0.1, 0.15) is 46.5 Å². The van der Waals surface area contributed by atoms with Crippen LogP contribution in [0.4, 0.5) is 0 Å². The minimum absolute atomic E-state index is 0.000904. The summed E-state index contributed by atoms with van der Waals surface area (Å²) in [6.07, 6.45) is 2.91. The highest BCUT2D eigenvalue weighted by Gasteiger charge is 2.41. The minimum Gasteiger partial charge on any atom is -0.409 e. The molecule has 0 aromatic heterocycles. The van der Waals surface area contributed by atoms with E-state index < -0.39 is 5.41 Å². The van der Waals surface area contributed by atoms with Gasteiger partial charge in [0.25, 0.3) is 0 Å². The van der Waals surface area contributed by atoms with E-state index in [1.807, 2.05) is 13.8 Å². The molecule has 1 aliphatic rings. The zero-order chi connectivity index (χ0) is 15.3. The van der Waals surface area contributed by atoms with Gasteiger partial charge in [-0.2, -0.15) is 0 Å². The van der Waals surface area contributed by atoms with E-state index in [2.05, 4.69) is 29.3 Å². The Kier molecular flexibility index (Phi) is 5.80. The predicted molar refractivity (Wildman–Crippen MR) is 79.7 cm³/mol. The molecule has 20 heavy (non-hydrogen) atoms. The summed E-state index contributed by atoms with van der Waals surface area (Å²) in [5, 5.41) is 15.1. The number of carbonyl (C=O) groups excluding carboxylic acids is 1. The molecule has 1 amide bonds. The van der Waals surface area contributed by atoms with Crippen molar-refractivity contribution < 1.29 is 10.0 Å². The summed E-state index contributed by atoms with van der Waals surface area (Å²) in [7, 11) is 2.10. The van der Waals surface area contributed by atoms with Gasteiger partial charge >= 0.3 is 0 Å². The number of carbonyl (C=O) groups is 1. The van der Waals surface area contributed by atoms with Gasteiger partial charge in [-0.15, -0.1) is 0 Å². The van der Waals surface area contributed by atoms with Crippen LogP contribution in [0.25, 0.3) is 0 Å². The van der Waals surface area contributed by atoms with Crippen LogP contribution in [0.5, 0.6) is 0 Å². The topological polar surface area (TPSA) is 91.0 Å². The summed E-state index contributed by atoms with van der Waals surface area (Å²) in [6.45, 7) is 6.91. The number of hydrogen-bond donors (Lipinski definition) is 3. The van der Waals surface area contributed by atoms with Crippen LogP contribution >= 0.6 is 0 Å². The number of amides is 1. The number of oxime groups is 1. The first-order chi connectivity index (χ1) is 9.41. The van der Waals surface area contributed by atoms with Crippen LogP contribution in [0, 0.1) is 5.41 Å². The van der Waals surface area contributed by atoms with E-state index in [9.17, 15) is 4.79 Å². The van der Waals surface area contributed by atoms with E-state index in [0.29, 0.717) is 18.9 Å². The first-order valence-corrected chi connectivity index (χ1v) is 7.40. The van der Waals surface area contributed by atoms with Crippen LogP contribution in [-0.2, 0) is 4.79 Å². The Bertz CT molecular complexity index is 366. The third-order valence-corrected chi connectivity index (χ3v) is 4.78. The number of likely N-dealkylation sites (tertiary alicyclic amines) is 1. The lowest BCUT2D eigenvalue weighted by atomic mass is 9.79. The van der Waals surface area contributed by atoms with Crippen LogP contribution in [-0.4, -0.2) is 47.5 Å². The zero-order valence-electron chi connectivity index (χ0n) is 13.0. The van der Waals surface area contributed by atoms with Crippen molar-refractivity contribution in [1.82, 2.24) is 10.2 Å². The van der Waals surface area contributed by atoms with E-state index in [1.165, 1.54) is 0 Å². The molecule has 2 unspecified atom stereocenters. The molecule has 0 aromatic rings. The van der Waals surface area contributed by atoms with Gasteiger partial charge in [-0.05, 0) is 39.7 Å². The molecule has 1 aliphatic heterocycles. The molecule has 2 atom stereocenters. The Morgan fingerprint density at radius 2 is 2.10 bits per heavy atom. The predicted octanol–water partition coefficient (Wildman–Crippen LogP) is 1.14. The molecular weight excluding hydrogens is 256 g/mol. The van der Waals surface area contributed by atoms with Gasteiger partial charge in [0.15, 0.2) is 5.84 Å². The Balaban J connectivity index is 2.77. The van der Waals surface area contributed by atoms with Crippen molar-refractivity contribution in [2.45, 2.75) is 58.5 Å².